The van der Waals surface area contributed by atoms with Gasteiger partial charge in [0.15, 0.2) is 0 Å². The van der Waals surface area contributed by atoms with E-state index in [9.17, 15) is 18.0 Å². The van der Waals surface area contributed by atoms with Crippen molar-refractivity contribution in [3.05, 3.63) is 24.3 Å². The fraction of sp³-hybridized carbons (Fsp3) is 0.562. The van der Waals surface area contributed by atoms with Crippen molar-refractivity contribution >= 4 is 11.6 Å². The number of piperidine rings is 1. The summed E-state index contributed by atoms with van der Waals surface area (Å²) in [5.41, 5.74) is 0.562. The van der Waals surface area contributed by atoms with Crippen LogP contribution >= 0.6 is 0 Å². The quantitative estimate of drug-likeness (QED) is 0.901. The number of alkyl halides is 3. The van der Waals surface area contributed by atoms with Crippen LogP contribution in [0.25, 0.3) is 0 Å². The van der Waals surface area contributed by atoms with Gasteiger partial charge in [0.1, 0.15) is 5.75 Å². The highest BCUT2D eigenvalue weighted by Gasteiger charge is 2.41. The molecule has 0 spiro atoms. The molecule has 23 heavy (non-hydrogen) atoms. The predicted octanol–water partition coefficient (Wildman–Crippen LogP) is 3.30. The first kappa shape index (κ1) is 17.6. The highest BCUT2D eigenvalue weighted by molar-refractivity contribution is 5.92. The van der Waals surface area contributed by atoms with Crippen molar-refractivity contribution in [3.8, 4) is 5.75 Å². The number of amides is 1. The number of ether oxygens (including phenoxy) is 1. The van der Waals surface area contributed by atoms with E-state index in [1.807, 2.05) is 0 Å². The van der Waals surface area contributed by atoms with E-state index in [4.69, 9.17) is 4.74 Å². The van der Waals surface area contributed by atoms with Gasteiger partial charge in [0, 0.05) is 19.5 Å². The number of benzene rings is 1. The van der Waals surface area contributed by atoms with Crippen molar-refractivity contribution in [2.24, 2.45) is 5.92 Å². The van der Waals surface area contributed by atoms with Gasteiger partial charge in [0.25, 0.3) is 0 Å². The smallest absolute Gasteiger partial charge is 0.393 e. The molecule has 1 fully saturated rings. The Hall–Kier alpha value is -1.76. The molecule has 4 nitrogen and oxygen atoms in total. The molecule has 1 aromatic carbocycles. The van der Waals surface area contributed by atoms with Gasteiger partial charge < -0.3 is 15.0 Å². The monoisotopic (exact) mass is 330 g/mol. The van der Waals surface area contributed by atoms with Gasteiger partial charge in [-0.2, -0.15) is 13.2 Å². The van der Waals surface area contributed by atoms with Crippen LogP contribution in [0.3, 0.4) is 0 Å². The van der Waals surface area contributed by atoms with Gasteiger partial charge >= 0.3 is 6.18 Å². The highest BCUT2D eigenvalue weighted by Crippen LogP contribution is 2.33. The molecule has 128 valence electrons. The van der Waals surface area contributed by atoms with Crippen molar-refractivity contribution < 1.29 is 22.7 Å². The number of rotatable bonds is 5. The number of hydrogen-bond donors (Lipinski definition) is 1. The zero-order chi connectivity index (χ0) is 16.9. The predicted molar refractivity (Wildman–Crippen MR) is 81.5 cm³/mol. The number of anilines is 1. The standard InChI is InChI=1S/C16H21F3N2O2/c1-23-14-7-3-2-6-13(14)20-15(22)8-10-21-9-4-5-12(11-21)16(17,18)19/h2-3,6-7,12H,4-5,8-11H2,1H3,(H,20,22). The lowest BCUT2D eigenvalue weighted by molar-refractivity contribution is -0.186. The van der Waals surface area contributed by atoms with E-state index in [0.29, 0.717) is 30.9 Å². The molecule has 1 heterocycles. The summed E-state index contributed by atoms with van der Waals surface area (Å²) in [6, 6.07) is 7.02. The Balaban J connectivity index is 1.82. The third-order valence-electron chi connectivity index (χ3n) is 4.00. The minimum atomic E-state index is -4.15. The van der Waals surface area contributed by atoms with Crippen LogP contribution < -0.4 is 10.1 Å². The maximum absolute atomic E-state index is 12.8. The first-order valence-electron chi connectivity index (χ1n) is 7.62. The van der Waals surface area contributed by atoms with E-state index in [1.54, 1.807) is 29.2 Å². The molecule has 1 N–H and O–H groups in total. The minimum absolute atomic E-state index is 0.0224. The topological polar surface area (TPSA) is 41.6 Å². The molecule has 1 aliphatic rings. The van der Waals surface area contributed by atoms with Gasteiger partial charge in [-0.15, -0.1) is 0 Å². The molecule has 1 aliphatic heterocycles. The molecule has 1 saturated heterocycles. The Bertz CT molecular complexity index is 534. The molecule has 7 heteroatoms. The van der Waals surface area contributed by atoms with Gasteiger partial charge in [-0.05, 0) is 31.5 Å². The van der Waals surface area contributed by atoms with Crippen molar-refractivity contribution in [3.63, 3.8) is 0 Å². The van der Waals surface area contributed by atoms with Gasteiger partial charge in [-0.25, -0.2) is 0 Å². The lowest BCUT2D eigenvalue weighted by Gasteiger charge is -2.33. The molecule has 1 aromatic rings. The Labute approximate surface area is 133 Å². The van der Waals surface area contributed by atoms with E-state index in [1.165, 1.54) is 7.11 Å². The highest BCUT2D eigenvalue weighted by atomic mass is 19.4. The number of carbonyl (C=O) groups is 1. The second kappa shape index (κ2) is 7.68. The summed E-state index contributed by atoms with van der Waals surface area (Å²) in [4.78, 5) is 13.7. The molecule has 1 atom stereocenters. The Morgan fingerprint density at radius 3 is 2.83 bits per heavy atom. The molecular formula is C16H21F3N2O2. The first-order valence-corrected chi connectivity index (χ1v) is 7.62. The summed E-state index contributed by atoms with van der Waals surface area (Å²) in [7, 11) is 1.51. The van der Waals surface area contributed by atoms with Gasteiger partial charge in [0.2, 0.25) is 5.91 Å². The van der Waals surface area contributed by atoms with Gasteiger partial charge in [-0.1, -0.05) is 12.1 Å². The number of para-hydroxylation sites is 2. The van der Waals surface area contributed by atoms with Crippen LogP contribution in [0.5, 0.6) is 5.75 Å². The average Bonchev–Trinajstić information content (AvgIpc) is 2.53. The maximum Gasteiger partial charge on any atom is 0.393 e. The van der Waals surface area contributed by atoms with Crippen LogP contribution in [0.1, 0.15) is 19.3 Å². The molecule has 1 amide bonds. The maximum atomic E-state index is 12.8. The van der Waals surface area contributed by atoms with Crippen LogP contribution in [-0.4, -0.2) is 43.7 Å². The third kappa shape index (κ3) is 5.13. The molecule has 0 bridgehead atoms. The van der Waals surface area contributed by atoms with Crippen molar-refractivity contribution in [2.45, 2.75) is 25.4 Å². The third-order valence-corrected chi connectivity index (χ3v) is 4.00. The molecule has 2 rings (SSSR count). The number of carbonyl (C=O) groups excluding carboxylic acids is 1. The number of likely N-dealkylation sites (tertiary alicyclic amines) is 1. The van der Waals surface area contributed by atoms with Crippen LogP contribution in [0.15, 0.2) is 24.3 Å². The zero-order valence-corrected chi connectivity index (χ0v) is 13.0. The summed E-state index contributed by atoms with van der Waals surface area (Å²) < 4.78 is 43.4. The molecule has 0 saturated carbocycles. The van der Waals surface area contributed by atoms with E-state index in [2.05, 4.69) is 5.32 Å². The molecular weight excluding hydrogens is 309 g/mol. The number of nitrogens with one attached hydrogen (secondary N) is 1. The molecule has 0 aromatic heterocycles. The van der Waals surface area contributed by atoms with Crippen molar-refractivity contribution in [1.82, 2.24) is 4.90 Å². The Morgan fingerprint density at radius 2 is 2.13 bits per heavy atom. The van der Waals surface area contributed by atoms with Crippen molar-refractivity contribution in [2.75, 3.05) is 32.1 Å². The van der Waals surface area contributed by atoms with Crippen LogP contribution in [0.2, 0.25) is 0 Å². The fourth-order valence-electron chi connectivity index (χ4n) is 2.75. The summed E-state index contributed by atoms with van der Waals surface area (Å²) >= 11 is 0. The summed E-state index contributed by atoms with van der Waals surface area (Å²) in [5.74, 6) is -0.965. The van der Waals surface area contributed by atoms with E-state index in [-0.39, 0.29) is 25.3 Å². The first-order chi connectivity index (χ1) is 10.9. The summed E-state index contributed by atoms with van der Waals surface area (Å²) in [6.45, 7) is 0.910. The number of nitrogens with zero attached hydrogens (tertiary/aromatic N) is 1. The lowest BCUT2D eigenvalue weighted by atomic mass is 9.97. The Morgan fingerprint density at radius 1 is 1.39 bits per heavy atom. The van der Waals surface area contributed by atoms with E-state index in [0.717, 1.165) is 0 Å². The minimum Gasteiger partial charge on any atom is -0.495 e. The van der Waals surface area contributed by atoms with Crippen molar-refractivity contribution in [1.29, 1.82) is 0 Å². The van der Waals surface area contributed by atoms with Crippen LogP contribution in [-0.2, 0) is 4.79 Å². The second-order valence-electron chi connectivity index (χ2n) is 5.68. The molecule has 0 aliphatic carbocycles. The molecule has 0 radical (unpaired) electrons. The summed E-state index contributed by atoms with van der Waals surface area (Å²) in [6.07, 6.45) is -3.31. The number of halogens is 3. The Kier molecular flexibility index (Phi) is 5.87. The van der Waals surface area contributed by atoms with Crippen LogP contribution in [0, 0.1) is 5.92 Å². The largest absolute Gasteiger partial charge is 0.495 e. The van der Waals surface area contributed by atoms with E-state index < -0.39 is 12.1 Å². The lowest BCUT2D eigenvalue weighted by Crippen LogP contribution is -2.42. The fourth-order valence-corrected chi connectivity index (χ4v) is 2.75. The zero-order valence-electron chi connectivity index (χ0n) is 13.0. The van der Waals surface area contributed by atoms with Crippen LogP contribution in [0.4, 0.5) is 18.9 Å². The summed E-state index contributed by atoms with van der Waals surface area (Å²) in [5, 5.41) is 2.73. The number of hydrogen-bond acceptors (Lipinski definition) is 3. The van der Waals surface area contributed by atoms with E-state index >= 15 is 0 Å². The second-order valence-corrected chi connectivity index (χ2v) is 5.68. The average molecular weight is 330 g/mol. The number of methoxy groups -OCH3 is 1. The van der Waals surface area contributed by atoms with Gasteiger partial charge in [-0.3, -0.25) is 4.79 Å². The van der Waals surface area contributed by atoms with Gasteiger partial charge in [0.05, 0.1) is 18.7 Å². The molecule has 1 unspecified atom stereocenters. The SMILES string of the molecule is COc1ccccc1NC(=O)CCN1CCCC(C(F)(F)F)C1. The normalized spacial score (nSPS) is 19.4.